The van der Waals surface area contributed by atoms with E-state index in [0.29, 0.717) is 62.4 Å². The summed E-state index contributed by atoms with van der Waals surface area (Å²) in [6.45, 7) is 5.96. The summed E-state index contributed by atoms with van der Waals surface area (Å²) in [5.41, 5.74) is 0.684. The van der Waals surface area contributed by atoms with Gasteiger partial charge in [0, 0.05) is 48.6 Å². The molecule has 0 N–H and O–H groups in total. The zero-order chi connectivity index (χ0) is 19.4. The van der Waals surface area contributed by atoms with Gasteiger partial charge in [0.25, 0.3) is 0 Å². The molecule has 2 saturated heterocycles. The second-order valence-corrected chi connectivity index (χ2v) is 7.71. The predicted molar refractivity (Wildman–Crippen MR) is 105 cm³/mol. The average molecular weight is 389 g/mol. The van der Waals surface area contributed by atoms with Crippen molar-refractivity contribution < 1.29 is 14.4 Å². The number of hydrogen-bond acceptors (Lipinski definition) is 3. The van der Waals surface area contributed by atoms with Gasteiger partial charge >= 0.3 is 0 Å². The Bertz CT molecular complexity index is 715. The highest BCUT2D eigenvalue weighted by molar-refractivity contribution is 6.30. The van der Waals surface area contributed by atoms with Crippen LogP contribution in [0.3, 0.4) is 0 Å². The third-order valence-electron chi connectivity index (χ3n) is 5.64. The average Bonchev–Trinajstić information content (AvgIpc) is 2.73. The van der Waals surface area contributed by atoms with Gasteiger partial charge in [-0.1, -0.05) is 18.2 Å². The van der Waals surface area contributed by atoms with Crippen LogP contribution in [0.25, 0.3) is 0 Å². The Hall–Kier alpha value is -2.14. The summed E-state index contributed by atoms with van der Waals surface area (Å²) in [7, 11) is 0. The maximum atomic E-state index is 12.8. The van der Waals surface area contributed by atoms with E-state index >= 15 is 0 Å². The second kappa shape index (κ2) is 8.70. The van der Waals surface area contributed by atoms with Crippen LogP contribution in [0.15, 0.2) is 36.9 Å². The molecule has 0 aliphatic carbocycles. The lowest BCUT2D eigenvalue weighted by Gasteiger charge is -2.36. The molecule has 2 amide bonds. The zero-order valence-electron chi connectivity index (χ0n) is 15.4. The summed E-state index contributed by atoms with van der Waals surface area (Å²) < 4.78 is 0. The largest absolute Gasteiger partial charge is 0.342 e. The first-order valence-corrected chi connectivity index (χ1v) is 9.87. The standard InChI is InChI=1S/C21H25ClN2O3/c1-2-19(25)23-11-9-17(10-12-23)21(27)24-13-7-16(8-14-24)20(26)15-3-5-18(22)6-4-15/h2-6,16-17H,1,7-14H2. The van der Waals surface area contributed by atoms with E-state index in [1.807, 2.05) is 4.90 Å². The maximum absolute atomic E-state index is 12.8. The van der Waals surface area contributed by atoms with E-state index in [1.165, 1.54) is 6.08 Å². The summed E-state index contributed by atoms with van der Waals surface area (Å²) in [6.07, 6.45) is 4.11. The molecule has 6 heteroatoms. The Morgan fingerprint density at radius 3 is 1.96 bits per heavy atom. The number of piperidine rings is 2. The smallest absolute Gasteiger partial charge is 0.245 e. The molecule has 0 aromatic heterocycles. The first-order valence-electron chi connectivity index (χ1n) is 9.49. The van der Waals surface area contributed by atoms with Crippen LogP contribution < -0.4 is 0 Å². The molecule has 2 aliphatic heterocycles. The van der Waals surface area contributed by atoms with Gasteiger partial charge in [-0.3, -0.25) is 14.4 Å². The van der Waals surface area contributed by atoms with Gasteiger partial charge in [0.2, 0.25) is 11.8 Å². The lowest BCUT2D eigenvalue weighted by Crippen LogP contribution is -2.47. The third kappa shape index (κ3) is 4.59. The fourth-order valence-corrected chi connectivity index (χ4v) is 4.07. The van der Waals surface area contributed by atoms with Crippen LogP contribution in [0.4, 0.5) is 0 Å². The number of halogens is 1. The quantitative estimate of drug-likeness (QED) is 0.588. The number of hydrogen-bond donors (Lipinski definition) is 0. The van der Waals surface area contributed by atoms with Gasteiger partial charge in [0.15, 0.2) is 5.78 Å². The Labute approximate surface area is 165 Å². The number of nitrogens with zero attached hydrogens (tertiary/aromatic N) is 2. The Morgan fingerprint density at radius 2 is 1.41 bits per heavy atom. The number of benzene rings is 1. The van der Waals surface area contributed by atoms with E-state index in [0.717, 1.165) is 0 Å². The molecule has 5 nitrogen and oxygen atoms in total. The lowest BCUT2D eigenvalue weighted by molar-refractivity contribution is -0.140. The normalized spacial score (nSPS) is 19.0. The highest BCUT2D eigenvalue weighted by Crippen LogP contribution is 2.26. The number of rotatable bonds is 4. The number of likely N-dealkylation sites (tertiary alicyclic amines) is 2. The molecule has 0 saturated carbocycles. The molecule has 0 radical (unpaired) electrons. The van der Waals surface area contributed by atoms with Crippen LogP contribution in [-0.2, 0) is 9.59 Å². The van der Waals surface area contributed by atoms with Crippen LogP contribution in [0.1, 0.15) is 36.0 Å². The maximum Gasteiger partial charge on any atom is 0.245 e. The van der Waals surface area contributed by atoms with Crippen LogP contribution in [0.2, 0.25) is 5.02 Å². The molecule has 0 bridgehead atoms. The van der Waals surface area contributed by atoms with Crippen LogP contribution >= 0.6 is 11.6 Å². The van der Waals surface area contributed by atoms with Crippen molar-refractivity contribution in [3.05, 3.63) is 47.5 Å². The first kappa shape index (κ1) is 19.6. The van der Waals surface area contributed by atoms with E-state index < -0.39 is 0 Å². The van der Waals surface area contributed by atoms with E-state index in [2.05, 4.69) is 6.58 Å². The third-order valence-corrected chi connectivity index (χ3v) is 5.89. The van der Waals surface area contributed by atoms with Gasteiger partial charge in [-0.2, -0.15) is 0 Å². The minimum atomic E-state index is -0.0672. The van der Waals surface area contributed by atoms with E-state index in [-0.39, 0.29) is 29.4 Å². The van der Waals surface area contributed by atoms with E-state index in [9.17, 15) is 14.4 Å². The van der Waals surface area contributed by atoms with Crippen molar-refractivity contribution in [2.75, 3.05) is 26.2 Å². The van der Waals surface area contributed by atoms with Crippen molar-refractivity contribution in [2.45, 2.75) is 25.7 Å². The molecule has 2 fully saturated rings. The molecule has 0 unspecified atom stereocenters. The highest BCUT2D eigenvalue weighted by Gasteiger charge is 2.33. The fraction of sp³-hybridized carbons (Fsp3) is 0.476. The summed E-state index contributed by atoms with van der Waals surface area (Å²) in [5.74, 6) is 0.167. The molecule has 2 aliphatic rings. The molecule has 1 aromatic rings. The molecule has 3 rings (SSSR count). The molecular formula is C21H25ClN2O3. The molecule has 0 atom stereocenters. The van der Waals surface area contributed by atoms with Crippen molar-refractivity contribution in [1.82, 2.24) is 9.80 Å². The summed E-state index contributed by atoms with van der Waals surface area (Å²) in [4.78, 5) is 40.7. The molecule has 27 heavy (non-hydrogen) atoms. The lowest BCUT2D eigenvalue weighted by atomic mass is 9.87. The van der Waals surface area contributed by atoms with Gasteiger partial charge in [0.05, 0.1) is 0 Å². The van der Waals surface area contributed by atoms with Crippen LogP contribution in [0.5, 0.6) is 0 Å². The van der Waals surface area contributed by atoms with Crippen molar-refractivity contribution in [2.24, 2.45) is 11.8 Å². The molecule has 0 spiro atoms. The van der Waals surface area contributed by atoms with Crippen molar-refractivity contribution in [1.29, 1.82) is 0 Å². The number of carbonyl (C=O) groups is 3. The number of ketones is 1. The molecule has 2 heterocycles. The van der Waals surface area contributed by atoms with Crippen molar-refractivity contribution in [3.8, 4) is 0 Å². The number of Topliss-reactive ketones (excluding diaryl/α,β-unsaturated/α-hetero) is 1. The molecular weight excluding hydrogens is 364 g/mol. The summed E-state index contributed by atoms with van der Waals surface area (Å²) in [5, 5.41) is 0.618. The van der Waals surface area contributed by atoms with Crippen molar-refractivity contribution >= 4 is 29.2 Å². The second-order valence-electron chi connectivity index (χ2n) is 7.27. The monoisotopic (exact) mass is 388 g/mol. The Morgan fingerprint density at radius 1 is 0.889 bits per heavy atom. The van der Waals surface area contributed by atoms with Crippen LogP contribution in [-0.4, -0.2) is 53.6 Å². The fourth-order valence-electron chi connectivity index (χ4n) is 3.95. The van der Waals surface area contributed by atoms with Crippen LogP contribution in [0, 0.1) is 11.8 Å². The SMILES string of the molecule is C=CC(=O)N1CCC(C(=O)N2CCC(C(=O)c3ccc(Cl)cc3)CC2)CC1. The number of amides is 2. The summed E-state index contributed by atoms with van der Waals surface area (Å²) >= 11 is 5.88. The Balaban J connectivity index is 1.49. The molecule has 144 valence electrons. The summed E-state index contributed by atoms with van der Waals surface area (Å²) in [6, 6.07) is 6.99. The highest BCUT2D eigenvalue weighted by atomic mass is 35.5. The van der Waals surface area contributed by atoms with Gasteiger partial charge in [0.1, 0.15) is 0 Å². The van der Waals surface area contributed by atoms with Gasteiger partial charge in [-0.15, -0.1) is 0 Å². The van der Waals surface area contributed by atoms with E-state index in [4.69, 9.17) is 11.6 Å². The topological polar surface area (TPSA) is 57.7 Å². The first-order chi connectivity index (χ1) is 13.0. The predicted octanol–water partition coefficient (Wildman–Crippen LogP) is 3.19. The van der Waals surface area contributed by atoms with Gasteiger partial charge in [-0.25, -0.2) is 0 Å². The van der Waals surface area contributed by atoms with Gasteiger partial charge < -0.3 is 9.80 Å². The minimum absolute atomic E-state index is 0.0256. The molecule has 1 aromatic carbocycles. The van der Waals surface area contributed by atoms with Gasteiger partial charge in [-0.05, 0) is 56.0 Å². The van der Waals surface area contributed by atoms with E-state index in [1.54, 1.807) is 29.2 Å². The number of carbonyl (C=O) groups excluding carboxylic acids is 3. The Kier molecular flexibility index (Phi) is 6.32. The zero-order valence-corrected chi connectivity index (χ0v) is 16.2. The minimum Gasteiger partial charge on any atom is -0.342 e. The van der Waals surface area contributed by atoms with Crippen molar-refractivity contribution in [3.63, 3.8) is 0 Å².